The van der Waals surface area contributed by atoms with Gasteiger partial charge < -0.3 is 0 Å². The Kier molecular flexibility index (Phi) is 3.19. The first-order valence-corrected chi connectivity index (χ1v) is 6.99. The van der Waals surface area contributed by atoms with Gasteiger partial charge in [-0.1, -0.05) is 12.1 Å². The molecule has 2 aromatic rings. The van der Waals surface area contributed by atoms with Crippen molar-refractivity contribution in [3.8, 4) is 11.1 Å². The van der Waals surface area contributed by atoms with Gasteiger partial charge in [-0.15, -0.1) is 0 Å². The van der Waals surface area contributed by atoms with Crippen LogP contribution in [0.15, 0.2) is 41.4 Å². The number of rotatable bonds is 2. The summed E-state index contributed by atoms with van der Waals surface area (Å²) >= 11 is 0. The second-order valence-electron chi connectivity index (χ2n) is 4.22. The highest BCUT2D eigenvalue weighted by Crippen LogP contribution is 2.24. The van der Waals surface area contributed by atoms with Gasteiger partial charge in [0.2, 0.25) is 10.0 Å². The lowest BCUT2D eigenvalue weighted by atomic mass is 10.0. The van der Waals surface area contributed by atoms with Crippen LogP contribution in [0.2, 0.25) is 0 Å². The molecule has 2 N–H and O–H groups in total. The maximum Gasteiger partial charge on any atom is 0.238 e. The number of aromatic nitrogens is 1. The molecule has 4 nitrogen and oxygen atoms in total. The van der Waals surface area contributed by atoms with Crippen molar-refractivity contribution >= 4 is 10.0 Å². The molecule has 1 heterocycles. The van der Waals surface area contributed by atoms with Gasteiger partial charge in [-0.2, -0.15) is 0 Å². The molecule has 0 aliphatic carbocycles. The number of hydrogen-bond donors (Lipinski definition) is 1. The molecule has 0 bridgehead atoms. The van der Waals surface area contributed by atoms with Crippen molar-refractivity contribution in [2.45, 2.75) is 18.7 Å². The predicted octanol–water partition coefficient (Wildman–Crippen LogP) is 2.01. The van der Waals surface area contributed by atoms with E-state index in [9.17, 15) is 8.42 Å². The fourth-order valence-electron chi connectivity index (χ4n) is 1.77. The Morgan fingerprint density at radius 2 is 1.89 bits per heavy atom. The number of hydrogen-bond acceptors (Lipinski definition) is 3. The van der Waals surface area contributed by atoms with E-state index in [4.69, 9.17) is 5.14 Å². The van der Waals surface area contributed by atoms with Crippen LogP contribution in [0.25, 0.3) is 11.1 Å². The van der Waals surface area contributed by atoms with E-state index < -0.39 is 10.0 Å². The van der Waals surface area contributed by atoms with Crippen molar-refractivity contribution in [3.05, 3.63) is 47.8 Å². The zero-order valence-electron chi connectivity index (χ0n) is 10.2. The zero-order chi connectivity index (χ0) is 13.3. The lowest BCUT2D eigenvalue weighted by molar-refractivity contribution is 0.598. The van der Waals surface area contributed by atoms with Crippen molar-refractivity contribution in [3.63, 3.8) is 0 Å². The molecule has 1 aromatic heterocycles. The molecule has 18 heavy (non-hydrogen) atoms. The summed E-state index contributed by atoms with van der Waals surface area (Å²) in [5.74, 6) is 0. The van der Waals surface area contributed by atoms with Crippen LogP contribution in [0.4, 0.5) is 0 Å². The highest BCUT2D eigenvalue weighted by molar-refractivity contribution is 7.89. The average molecular weight is 262 g/mol. The third kappa shape index (κ3) is 2.57. The van der Waals surface area contributed by atoms with Crippen LogP contribution in [0.1, 0.15) is 11.3 Å². The van der Waals surface area contributed by atoms with Gasteiger partial charge in [-0.05, 0) is 43.2 Å². The summed E-state index contributed by atoms with van der Waals surface area (Å²) in [7, 11) is -3.68. The minimum absolute atomic E-state index is 0.112. The number of aryl methyl sites for hydroxylation is 2. The number of primary sulfonamides is 1. The van der Waals surface area contributed by atoms with Crippen LogP contribution >= 0.6 is 0 Å². The minimum atomic E-state index is -3.68. The van der Waals surface area contributed by atoms with E-state index in [1.165, 1.54) is 6.07 Å². The van der Waals surface area contributed by atoms with Crippen molar-refractivity contribution in [1.82, 2.24) is 4.98 Å². The van der Waals surface area contributed by atoms with Crippen molar-refractivity contribution in [2.24, 2.45) is 5.14 Å². The van der Waals surface area contributed by atoms with Crippen molar-refractivity contribution in [1.29, 1.82) is 0 Å². The molecule has 5 heteroatoms. The number of benzene rings is 1. The van der Waals surface area contributed by atoms with E-state index in [-0.39, 0.29) is 4.90 Å². The van der Waals surface area contributed by atoms with E-state index in [0.717, 1.165) is 22.4 Å². The molecule has 0 aliphatic rings. The third-order valence-electron chi connectivity index (χ3n) is 2.70. The van der Waals surface area contributed by atoms with Gasteiger partial charge in [0.05, 0.1) is 4.90 Å². The Morgan fingerprint density at radius 3 is 2.56 bits per heavy atom. The third-order valence-corrected chi connectivity index (χ3v) is 3.61. The van der Waals surface area contributed by atoms with E-state index in [0.29, 0.717) is 0 Å². The highest BCUT2D eigenvalue weighted by Gasteiger charge is 2.10. The first-order valence-electron chi connectivity index (χ1n) is 5.44. The standard InChI is InChI=1S/C13H14N2O2S/c1-9-6-13(10(2)15-8-9)11-4-3-5-12(7-11)18(14,16)17/h3-8H,1-2H3,(H2,14,16,17). The van der Waals surface area contributed by atoms with Crippen LogP contribution in [0.3, 0.4) is 0 Å². The summed E-state index contributed by atoms with van der Waals surface area (Å²) in [6.07, 6.45) is 1.78. The Hall–Kier alpha value is -1.72. The molecule has 0 fully saturated rings. The minimum Gasteiger partial charge on any atom is -0.261 e. The molecule has 0 amide bonds. The van der Waals surface area contributed by atoms with Crippen molar-refractivity contribution < 1.29 is 8.42 Å². The van der Waals surface area contributed by atoms with Crippen LogP contribution < -0.4 is 5.14 Å². The summed E-state index contributed by atoms with van der Waals surface area (Å²) < 4.78 is 22.7. The SMILES string of the molecule is Cc1cnc(C)c(-c2cccc(S(N)(=O)=O)c2)c1. The van der Waals surface area contributed by atoms with Gasteiger partial charge in [0.1, 0.15) is 0 Å². The molecule has 0 radical (unpaired) electrons. The molecule has 2 rings (SSSR count). The molecule has 1 aromatic carbocycles. The largest absolute Gasteiger partial charge is 0.261 e. The molecule has 0 unspecified atom stereocenters. The molecule has 0 spiro atoms. The fraction of sp³-hybridized carbons (Fsp3) is 0.154. The summed E-state index contributed by atoms with van der Waals surface area (Å²) in [5.41, 5.74) is 3.60. The Morgan fingerprint density at radius 1 is 1.17 bits per heavy atom. The summed E-state index contributed by atoms with van der Waals surface area (Å²) in [4.78, 5) is 4.38. The number of sulfonamides is 1. The van der Waals surface area contributed by atoms with Gasteiger partial charge in [-0.3, -0.25) is 4.98 Å². The monoisotopic (exact) mass is 262 g/mol. The topological polar surface area (TPSA) is 73.0 Å². The molecular weight excluding hydrogens is 248 g/mol. The molecular formula is C13H14N2O2S. The highest BCUT2D eigenvalue weighted by atomic mass is 32.2. The summed E-state index contributed by atoms with van der Waals surface area (Å²) in [5, 5.41) is 5.13. The predicted molar refractivity (Wildman–Crippen MR) is 70.5 cm³/mol. The van der Waals surface area contributed by atoms with E-state index in [1.54, 1.807) is 18.3 Å². The quantitative estimate of drug-likeness (QED) is 0.899. The number of pyridine rings is 1. The molecule has 0 atom stereocenters. The Bertz CT molecular complexity index is 694. The van der Waals surface area contributed by atoms with Crippen LogP contribution in [-0.4, -0.2) is 13.4 Å². The zero-order valence-corrected chi connectivity index (χ0v) is 11.0. The second-order valence-corrected chi connectivity index (χ2v) is 5.78. The lowest BCUT2D eigenvalue weighted by Gasteiger charge is -2.07. The maximum absolute atomic E-state index is 11.3. The number of nitrogens with two attached hydrogens (primary N) is 1. The second kappa shape index (κ2) is 4.51. The van der Waals surface area contributed by atoms with E-state index in [1.807, 2.05) is 26.0 Å². The Balaban J connectivity index is 2.62. The maximum atomic E-state index is 11.3. The first-order chi connectivity index (χ1) is 8.38. The van der Waals surface area contributed by atoms with Crippen LogP contribution in [0, 0.1) is 13.8 Å². The number of nitrogens with zero attached hydrogens (tertiary/aromatic N) is 1. The van der Waals surface area contributed by atoms with E-state index in [2.05, 4.69) is 4.98 Å². The molecule has 0 saturated carbocycles. The van der Waals surface area contributed by atoms with Gasteiger partial charge in [0, 0.05) is 17.5 Å². The smallest absolute Gasteiger partial charge is 0.238 e. The fourth-order valence-corrected chi connectivity index (χ4v) is 2.33. The molecule has 94 valence electrons. The Labute approximate surface area is 107 Å². The average Bonchev–Trinajstić information content (AvgIpc) is 2.31. The summed E-state index contributed by atoms with van der Waals surface area (Å²) in [6.45, 7) is 3.83. The van der Waals surface area contributed by atoms with Crippen molar-refractivity contribution in [2.75, 3.05) is 0 Å². The normalized spacial score (nSPS) is 11.5. The van der Waals surface area contributed by atoms with Gasteiger partial charge >= 0.3 is 0 Å². The molecule has 0 aliphatic heterocycles. The summed E-state index contributed by atoms with van der Waals surface area (Å²) in [6, 6.07) is 8.55. The lowest BCUT2D eigenvalue weighted by Crippen LogP contribution is -2.12. The van der Waals surface area contributed by atoms with Gasteiger partial charge in [0.25, 0.3) is 0 Å². The first kappa shape index (κ1) is 12.7. The molecule has 0 saturated heterocycles. The van der Waals surface area contributed by atoms with Crippen LogP contribution in [-0.2, 0) is 10.0 Å². The van der Waals surface area contributed by atoms with Gasteiger partial charge in [0.15, 0.2) is 0 Å². The van der Waals surface area contributed by atoms with Crippen LogP contribution in [0.5, 0.6) is 0 Å². The van der Waals surface area contributed by atoms with Gasteiger partial charge in [-0.25, -0.2) is 13.6 Å². The van der Waals surface area contributed by atoms with E-state index >= 15 is 0 Å².